The van der Waals surface area contributed by atoms with Crippen molar-refractivity contribution in [2.75, 3.05) is 19.6 Å². The van der Waals surface area contributed by atoms with Gasteiger partial charge in [-0.15, -0.1) is 0 Å². The minimum absolute atomic E-state index is 0.0683. The Balaban J connectivity index is 1.45. The number of hydrogen-bond donors (Lipinski definition) is 1. The second-order valence-electron chi connectivity index (χ2n) is 8.13. The number of benzene rings is 1. The van der Waals surface area contributed by atoms with Gasteiger partial charge in [-0.1, -0.05) is 30.9 Å². The molecule has 2 heterocycles. The minimum Gasteiger partial charge on any atom is -0.484 e. The largest absolute Gasteiger partial charge is 0.484 e. The number of likely N-dealkylation sites (tertiary alicyclic amines) is 1. The topological polar surface area (TPSA) is 58.6 Å². The van der Waals surface area contributed by atoms with E-state index in [0.29, 0.717) is 36.9 Å². The summed E-state index contributed by atoms with van der Waals surface area (Å²) in [7, 11) is 0. The summed E-state index contributed by atoms with van der Waals surface area (Å²) in [5.74, 6) is 1.14. The van der Waals surface area contributed by atoms with Crippen LogP contribution in [0, 0.1) is 12.8 Å². The molecule has 1 N–H and O–H groups in total. The van der Waals surface area contributed by atoms with E-state index in [1.165, 1.54) is 19.3 Å². The summed E-state index contributed by atoms with van der Waals surface area (Å²) in [6, 6.07) is 5.76. The van der Waals surface area contributed by atoms with Crippen molar-refractivity contribution in [3.8, 4) is 5.75 Å². The highest BCUT2D eigenvalue weighted by Crippen LogP contribution is 2.34. The third kappa shape index (κ3) is 3.31. The summed E-state index contributed by atoms with van der Waals surface area (Å²) in [5.41, 5.74) is 1.26. The van der Waals surface area contributed by atoms with E-state index in [-0.39, 0.29) is 11.8 Å². The van der Waals surface area contributed by atoms with Crippen molar-refractivity contribution in [3.05, 3.63) is 29.3 Å². The smallest absolute Gasteiger partial charge is 0.255 e. The van der Waals surface area contributed by atoms with Crippen molar-refractivity contribution in [1.82, 2.24) is 10.2 Å². The van der Waals surface area contributed by atoms with Gasteiger partial charge in [-0.05, 0) is 31.9 Å². The molecule has 1 aromatic rings. The van der Waals surface area contributed by atoms with Crippen LogP contribution in [0.15, 0.2) is 18.2 Å². The van der Waals surface area contributed by atoms with E-state index in [2.05, 4.69) is 5.32 Å². The van der Waals surface area contributed by atoms with Gasteiger partial charge in [0.15, 0.2) is 0 Å². The molecule has 5 nitrogen and oxygen atoms in total. The molecule has 0 aromatic heterocycles. The van der Waals surface area contributed by atoms with Crippen LogP contribution in [0.2, 0.25) is 0 Å². The molecule has 0 unspecified atom stereocenters. The monoisotopic (exact) mass is 356 g/mol. The van der Waals surface area contributed by atoms with Crippen LogP contribution in [-0.2, 0) is 4.79 Å². The van der Waals surface area contributed by atoms with Gasteiger partial charge in [0.2, 0.25) is 5.91 Å². The fraction of sp³-hybridized carbons (Fsp3) is 0.619. The molecule has 1 saturated heterocycles. The fourth-order valence-corrected chi connectivity index (χ4v) is 4.54. The molecule has 1 aliphatic carbocycles. The summed E-state index contributed by atoms with van der Waals surface area (Å²) in [5, 5.41) is 3.03. The summed E-state index contributed by atoms with van der Waals surface area (Å²) < 4.78 is 6.36. The fourth-order valence-electron chi connectivity index (χ4n) is 4.54. The average molecular weight is 356 g/mol. The first-order chi connectivity index (χ1) is 12.6. The molecule has 1 aromatic carbocycles. The van der Waals surface area contributed by atoms with Crippen molar-refractivity contribution < 1.29 is 14.3 Å². The second-order valence-corrected chi connectivity index (χ2v) is 8.13. The first-order valence-electron chi connectivity index (χ1n) is 9.93. The normalized spacial score (nSPS) is 23.0. The molecule has 3 aliphatic rings. The van der Waals surface area contributed by atoms with Crippen LogP contribution >= 0.6 is 0 Å². The highest BCUT2D eigenvalue weighted by atomic mass is 16.5. The number of amides is 2. The number of hydrogen-bond acceptors (Lipinski definition) is 3. The number of nitrogens with one attached hydrogen (secondary N) is 1. The van der Waals surface area contributed by atoms with Crippen LogP contribution in [0.4, 0.5) is 0 Å². The Morgan fingerprint density at radius 1 is 1.19 bits per heavy atom. The lowest BCUT2D eigenvalue weighted by Crippen LogP contribution is -2.55. The molecular formula is C21H28N2O3. The quantitative estimate of drug-likeness (QED) is 0.841. The first-order valence-corrected chi connectivity index (χ1v) is 9.93. The molecule has 0 atom stereocenters. The Bertz CT molecular complexity index is 701. The highest BCUT2D eigenvalue weighted by molar-refractivity contribution is 5.97. The van der Waals surface area contributed by atoms with E-state index in [1.807, 2.05) is 30.0 Å². The number of ether oxygens (including phenoxy) is 1. The van der Waals surface area contributed by atoms with Crippen molar-refractivity contribution >= 4 is 11.8 Å². The lowest BCUT2D eigenvalue weighted by Gasteiger charge is -2.42. The lowest BCUT2D eigenvalue weighted by molar-refractivity contribution is -0.140. The number of piperidine rings is 1. The highest BCUT2D eigenvalue weighted by Gasteiger charge is 2.41. The molecule has 1 saturated carbocycles. The van der Waals surface area contributed by atoms with Crippen LogP contribution in [-0.4, -0.2) is 41.9 Å². The van der Waals surface area contributed by atoms with Crippen LogP contribution < -0.4 is 10.1 Å². The van der Waals surface area contributed by atoms with Gasteiger partial charge < -0.3 is 15.0 Å². The van der Waals surface area contributed by atoms with Crippen LogP contribution in [0.25, 0.3) is 0 Å². The molecule has 0 radical (unpaired) electrons. The SMILES string of the molecule is Cc1ccc2c(c1)C(=O)NCC1(CCN(C(=O)C3CCCCC3)CC1)O2. The maximum atomic E-state index is 12.8. The number of carbonyl (C=O) groups is 2. The number of carbonyl (C=O) groups excluding carboxylic acids is 2. The molecular weight excluding hydrogens is 328 g/mol. The Labute approximate surface area is 155 Å². The second kappa shape index (κ2) is 6.93. The number of nitrogens with zero attached hydrogens (tertiary/aromatic N) is 1. The van der Waals surface area contributed by atoms with Gasteiger partial charge in [0.05, 0.1) is 12.1 Å². The molecule has 5 heteroatoms. The molecule has 2 amide bonds. The maximum Gasteiger partial charge on any atom is 0.255 e. The third-order valence-electron chi connectivity index (χ3n) is 6.22. The number of aryl methyl sites for hydroxylation is 1. The summed E-state index contributed by atoms with van der Waals surface area (Å²) in [6.45, 7) is 3.91. The van der Waals surface area contributed by atoms with Crippen molar-refractivity contribution in [2.45, 2.75) is 57.5 Å². The molecule has 2 fully saturated rings. The zero-order valence-electron chi connectivity index (χ0n) is 15.6. The average Bonchev–Trinajstić information content (AvgIpc) is 2.80. The van der Waals surface area contributed by atoms with E-state index in [4.69, 9.17) is 4.74 Å². The zero-order chi connectivity index (χ0) is 18.1. The first kappa shape index (κ1) is 17.4. The standard InChI is InChI=1S/C21H28N2O3/c1-15-7-8-18-17(13-15)19(24)22-14-21(26-18)9-11-23(12-10-21)20(25)16-5-3-2-4-6-16/h7-8,13,16H,2-6,9-12,14H2,1H3,(H,22,24). The van der Waals surface area contributed by atoms with Gasteiger partial charge in [0.25, 0.3) is 5.91 Å². The maximum absolute atomic E-state index is 12.8. The van der Waals surface area contributed by atoms with Gasteiger partial charge in [0.1, 0.15) is 11.4 Å². The van der Waals surface area contributed by atoms with Crippen molar-refractivity contribution in [1.29, 1.82) is 0 Å². The molecule has 2 aliphatic heterocycles. The molecule has 140 valence electrons. The van der Waals surface area contributed by atoms with Gasteiger partial charge in [0, 0.05) is 31.8 Å². The Hall–Kier alpha value is -2.04. The van der Waals surface area contributed by atoms with E-state index < -0.39 is 5.60 Å². The minimum atomic E-state index is -0.403. The molecule has 4 rings (SSSR count). The summed E-state index contributed by atoms with van der Waals surface area (Å²) in [4.78, 5) is 27.2. The van der Waals surface area contributed by atoms with E-state index in [0.717, 1.165) is 31.2 Å². The van der Waals surface area contributed by atoms with E-state index in [9.17, 15) is 9.59 Å². The van der Waals surface area contributed by atoms with Crippen LogP contribution in [0.5, 0.6) is 5.75 Å². The molecule has 0 bridgehead atoms. The number of fused-ring (bicyclic) bond motifs is 1. The van der Waals surface area contributed by atoms with E-state index in [1.54, 1.807) is 0 Å². The van der Waals surface area contributed by atoms with Crippen molar-refractivity contribution in [2.24, 2.45) is 5.92 Å². The van der Waals surface area contributed by atoms with E-state index >= 15 is 0 Å². The number of rotatable bonds is 1. The van der Waals surface area contributed by atoms with Gasteiger partial charge in [-0.2, -0.15) is 0 Å². The predicted molar refractivity (Wildman–Crippen MR) is 99.3 cm³/mol. The summed E-state index contributed by atoms with van der Waals surface area (Å²) >= 11 is 0. The van der Waals surface area contributed by atoms with Gasteiger partial charge in [-0.3, -0.25) is 9.59 Å². The molecule has 26 heavy (non-hydrogen) atoms. The Kier molecular flexibility index (Phi) is 4.63. The Morgan fingerprint density at radius 2 is 1.92 bits per heavy atom. The molecule has 1 spiro atoms. The third-order valence-corrected chi connectivity index (χ3v) is 6.22. The van der Waals surface area contributed by atoms with Crippen LogP contribution in [0.1, 0.15) is 60.9 Å². The van der Waals surface area contributed by atoms with Crippen molar-refractivity contribution in [3.63, 3.8) is 0 Å². The van der Waals surface area contributed by atoms with Gasteiger partial charge >= 0.3 is 0 Å². The van der Waals surface area contributed by atoms with Gasteiger partial charge in [-0.25, -0.2) is 0 Å². The lowest BCUT2D eigenvalue weighted by atomic mass is 9.86. The van der Waals surface area contributed by atoms with Crippen LogP contribution in [0.3, 0.4) is 0 Å². The Morgan fingerprint density at radius 3 is 2.65 bits per heavy atom. The predicted octanol–water partition coefficient (Wildman–Crippen LogP) is 3.06. The summed E-state index contributed by atoms with van der Waals surface area (Å²) in [6.07, 6.45) is 7.23. The zero-order valence-corrected chi connectivity index (χ0v) is 15.6.